The molecule has 0 aromatic heterocycles. The number of ether oxygens (including phenoxy) is 6. The van der Waals surface area contributed by atoms with E-state index in [2.05, 4.69) is 5.32 Å². The molecule has 3 aliphatic heterocycles. The largest absolute Gasteiger partial charge is 0.495 e. The van der Waals surface area contributed by atoms with Crippen molar-refractivity contribution in [1.82, 2.24) is 10.2 Å². The van der Waals surface area contributed by atoms with Gasteiger partial charge in [-0.3, -0.25) is 14.9 Å². The summed E-state index contributed by atoms with van der Waals surface area (Å²) in [6.07, 6.45) is 2.30. The molecule has 288 valence electrons. The lowest BCUT2D eigenvalue weighted by atomic mass is 9.83. The number of carbonyl (C=O) groups excluding carboxylic acids is 4. The molecular weight excluding hydrogens is 694 g/mol. The standard InChI is InChI=1S/C38H54ClN3O10/c1-12-49-38-20-28(50-36(46)40-38)23(5)33-37(7,52-33)30(51-35(45)24(6)41(8)34(44)21(2)3)19-31(43)42(9)26-17-25(18-27(47-10)32(26)39)16-22(4)14-13-15-29(38)48-11/h13-15,17-18,21,23-24,28-30,33H,12,16,19-20H2,1-11H3,(H,40,46)/b15-13+,22-14+/t23-,24+,28+,29-,30+,33+,37+,38+/m1/s1. The number of alkyl carbamates (subject to hydrolysis) is 1. The average molecular weight is 748 g/mol. The van der Waals surface area contributed by atoms with Crippen LogP contribution in [0.25, 0.3) is 0 Å². The summed E-state index contributed by atoms with van der Waals surface area (Å²) < 4.78 is 36.0. The number of hydrogen-bond acceptors (Lipinski definition) is 10. The first-order valence-electron chi connectivity index (χ1n) is 17.7. The van der Waals surface area contributed by atoms with E-state index in [1.54, 1.807) is 41.9 Å². The number of nitrogens with zero attached hydrogens (tertiary/aromatic N) is 2. The number of hydrogen-bond donors (Lipinski definition) is 1. The highest BCUT2D eigenvalue weighted by Gasteiger charge is 2.64. The third kappa shape index (κ3) is 8.59. The Morgan fingerprint density at radius 2 is 1.88 bits per heavy atom. The lowest BCUT2D eigenvalue weighted by molar-refractivity contribution is -0.173. The van der Waals surface area contributed by atoms with Crippen LogP contribution < -0.4 is 15.0 Å². The van der Waals surface area contributed by atoms with Crippen LogP contribution in [-0.2, 0) is 44.5 Å². The second kappa shape index (κ2) is 16.6. The van der Waals surface area contributed by atoms with Gasteiger partial charge < -0.3 is 38.2 Å². The highest BCUT2D eigenvalue weighted by atomic mass is 35.5. The Bertz CT molecular complexity index is 1580. The van der Waals surface area contributed by atoms with Gasteiger partial charge >= 0.3 is 12.1 Å². The summed E-state index contributed by atoms with van der Waals surface area (Å²) in [5, 5.41) is 3.12. The maximum absolute atomic E-state index is 14.1. The Hall–Kier alpha value is -3.65. The maximum atomic E-state index is 14.1. The Morgan fingerprint density at radius 3 is 2.50 bits per heavy atom. The first-order valence-corrected chi connectivity index (χ1v) is 18.1. The van der Waals surface area contributed by atoms with Gasteiger partial charge in [-0.25, -0.2) is 9.59 Å². The summed E-state index contributed by atoms with van der Waals surface area (Å²) in [4.78, 5) is 56.5. The molecule has 4 bridgehead atoms. The second-order valence-electron chi connectivity index (χ2n) is 14.4. The van der Waals surface area contributed by atoms with E-state index in [9.17, 15) is 19.2 Å². The van der Waals surface area contributed by atoms with Gasteiger partial charge in [0.2, 0.25) is 11.8 Å². The molecule has 3 heterocycles. The minimum atomic E-state index is -1.27. The van der Waals surface area contributed by atoms with Gasteiger partial charge in [0.25, 0.3) is 0 Å². The summed E-state index contributed by atoms with van der Waals surface area (Å²) in [5.74, 6) is -1.71. The van der Waals surface area contributed by atoms with Crippen molar-refractivity contribution >= 4 is 41.2 Å². The summed E-state index contributed by atoms with van der Waals surface area (Å²) >= 11 is 6.77. The molecule has 2 fully saturated rings. The fraction of sp³-hybridized carbons (Fsp3) is 0.632. The van der Waals surface area contributed by atoms with Crippen LogP contribution in [0.3, 0.4) is 0 Å². The predicted octanol–water partition coefficient (Wildman–Crippen LogP) is 5.21. The molecule has 3 aliphatic rings. The molecular formula is C38H54ClN3O10. The van der Waals surface area contributed by atoms with Gasteiger partial charge in [0.05, 0.1) is 25.3 Å². The van der Waals surface area contributed by atoms with Crippen molar-refractivity contribution in [2.75, 3.05) is 39.8 Å². The van der Waals surface area contributed by atoms with Crippen LogP contribution >= 0.6 is 11.6 Å². The number of likely N-dealkylation sites (N-methyl/N-ethyl adjacent to an activating group) is 1. The fourth-order valence-electron chi connectivity index (χ4n) is 7.01. The molecule has 0 unspecified atom stereocenters. The Labute approximate surface area is 311 Å². The van der Waals surface area contributed by atoms with E-state index < -0.39 is 65.7 Å². The van der Waals surface area contributed by atoms with Crippen molar-refractivity contribution in [3.05, 3.63) is 46.5 Å². The average Bonchev–Trinajstić information content (AvgIpc) is 3.80. The van der Waals surface area contributed by atoms with Crippen LogP contribution in [0.1, 0.15) is 66.9 Å². The second-order valence-corrected chi connectivity index (χ2v) is 14.8. The van der Waals surface area contributed by atoms with Gasteiger partial charge in [0.15, 0.2) is 5.72 Å². The molecule has 0 saturated carbocycles. The molecule has 13 nitrogen and oxygen atoms in total. The van der Waals surface area contributed by atoms with Crippen LogP contribution in [0.15, 0.2) is 35.9 Å². The molecule has 2 saturated heterocycles. The lowest BCUT2D eigenvalue weighted by Crippen LogP contribution is -2.65. The van der Waals surface area contributed by atoms with Crippen molar-refractivity contribution in [3.8, 4) is 5.75 Å². The minimum absolute atomic E-state index is 0.213. The number of anilines is 1. The lowest BCUT2D eigenvalue weighted by Gasteiger charge is -2.45. The van der Waals surface area contributed by atoms with Crippen LogP contribution in [0.4, 0.5) is 10.5 Å². The molecule has 0 spiro atoms. The number of fused-ring (bicyclic) bond motifs is 5. The third-order valence-electron chi connectivity index (χ3n) is 10.4. The monoisotopic (exact) mass is 747 g/mol. The number of carbonyl (C=O) groups is 4. The normalized spacial score (nSPS) is 31.7. The van der Waals surface area contributed by atoms with Crippen molar-refractivity contribution in [3.63, 3.8) is 0 Å². The van der Waals surface area contributed by atoms with Crippen molar-refractivity contribution in [2.45, 2.75) is 110 Å². The predicted molar refractivity (Wildman–Crippen MR) is 195 cm³/mol. The number of epoxide rings is 1. The SMILES string of the molecule is CCO[C@]12C[C@H](OC(=O)N1)[C@@H](C)[C@@H]1O[C@@]1(C)[C@@H](OC(=O)[C@H](C)N(C)C(=O)C(C)C)CC(=O)N(C)c1cc(cc(OC)c1Cl)C/C(C)=C/C=C/[C@H]2OC. The summed E-state index contributed by atoms with van der Waals surface area (Å²) in [6, 6.07) is 2.70. The third-order valence-corrected chi connectivity index (χ3v) is 10.7. The zero-order valence-corrected chi connectivity index (χ0v) is 32.9. The van der Waals surface area contributed by atoms with E-state index in [-0.39, 0.29) is 36.3 Å². The summed E-state index contributed by atoms with van der Waals surface area (Å²) in [5.41, 5.74) is -0.194. The fourth-order valence-corrected chi connectivity index (χ4v) is 7.33. The number of allylic oxidation sites excluding steroid dienone is 3. The van der Waals surface area contributed by atoms with Crippen LogP contribution in [0.5, 0.6) is 5.75 Å². The van der Waals surface area contributed by atoms with E-state index in [0.29, 0.717) is 17.9 Å². The zero-order valence-electron chi connectivity index (χ0n) is 32.1. The van der Waals surface area contributed by atoms with E-state index in [0.717, 1.165) is 11.1 Å². The zero-order chi connectivity index (χ0) is 38.7. The first kappa shape index (κ1) is 41.1. The van der Waals surface area contributed by atoms with Crippen LogP contribution in [0.2, 0.25) is 5.02 Å². The van der Waals surface area contributed by atoms with E-state index >= 15 is 0 Å². The topological polar surface area (TPSA) is 145 Å². The van der Waals surface area contributed by atoms with E-state index in [1.165, 1.54) is 24.0 Å². The van der Waals surface area contributed by atoms with Crippen molar-refractivity contribution in [2.24, 2.45) is 11.8 Å². The van der Waals surface area contributed by atoms with E-state index in [4.69, 9.17) is 40.0 Å². The highest BCUT2D eigenvalue weighted by molar-refractivity contribution is 6.35. The van der Waals surface area contributed by atoms with Gasteiger partial charge in [-0.15, -0.1) is 0 Å². The Balaban J connectivity index is 1.82. The van der Waals surface area contributed by atoms with Crippen molar-refractivity contribution < 1.29 is 47.6 Å². The van der Waals surface area contributed by atoms with Gasteiger partial charge in [-0.05, 0) is 51.8 Å². The number of esters is 1. The van der Waals surface area contributed by atoms with Gasteiger partial charge in [-0.1, -0.05) is 56.2 Å². The molecule has 0 radical (unpaired) electrons. The van der Waals surface area contributed by atoms with Gasteiger partial charge in [0, 0.05) is 46.1 Å². The Kier molecular flexibility index (Phi) is 13.1. The van der Waals surface area contributed by atoms with Gasteiger partial charge in [0.1, 0.15) is 40.7 Å². The molecule has 14 heteroatoms. The molecule has 3 amide bonds. The number of halogens is 1. The van der Waals surface area contributed by atoms with Crippen molar-refractivity contribution in [1.29, 1.82) is 0 Å². The number of nitrogens with one attached hydrogen (secondary N) is 1. The number of rotatable bonds is 8. The molecule has 1 aromatic carbocycles. The molecule has 52 heavy (non-hydrogen) atoms. The number of benzene rings is 1. The maximum Gasteiger partial charge on any atom is 0.409 e. The summed E-state index contributed by atoms with van der Waals surface area (Å²) in [7, 11) is 6.19. The molecule has 1 N–H and O–H groups in total. The van der Waals surface area contributed by atoms with Gasteiger partial charge in [-0.2, -0.15) is 0 Å². The Morgan fingerprint density at radius 1 is 1.19 bits per heavy atom. The highest BCUT2D eigenvalue weighted by Crippen LogP contribution is 2.49. The summed E-state index contributed by atoms with van der Waals surface area (Å²) in [6.45, 7) is 12.8. The molecule has 1 aromatic rings. The van der Waals surface area contributed by atoms with Crippen LogP contribution in [-0.4, -0.2) is 105 Å². The first-order chi connectivity index (χ1) is 24.4. The smallest absolute Gasteiger partial charge is 0.409 e. The van der Waals surface area contributed by atoms with E-state index in [1.807, 2.05) is 51.1 Å². The number of amides is 3. The molecule has 8 atom stereocenters. The minimum Gasteiger partial charge on any atom is -0.495 e. The molecule has 0 aliphatic carbocycles. The molecule has 4 rings (SSSR count). The van der Waals surface area contributed by atoms with Crippen LogP contribution in [0, 0.1) is 11.8 Å². The quantitative estimate of drug-likeness (QED) is 0.278. The number of methoxy groups -OCH3 is 2.